The van der Waals surface area contributed by atoms with Gasteiger partial charge in [-0.25, -0.2) is 0 Å². The van der Waals surface area contributed by atoms with Gasteiger partial charge in [-0.05, 0) is 19.9 Å². The molecule has 19 heavy (non-hydrogen) atoms. The van der Waals surface area contributed by atoms with E-state index in [1.54, 1.807) is 0 Å². The minimum Gasteiger partial charge on any atom is -0.508 e. The van der Waals surface area contributed by atoms with E-state index in [1.165, 1.54) is 0 Å². The molecule has 1 aromatic carbocycles. The Morgan fingerprint density at radius 1 is 1.26 bits per heavy atom. The predicted molar refractivity (Wildman–Crippen MR) is 82.5 cm³/mol. The Balaban J connectivity index is 0.00000180. The van der Waals surface area contributed by atoms with Gasteiger partial charge in [-0.15, -0.1) is 12.4 Å². The van der Waals surface area contributed by atoms with Crippen molar-refractivity contribution >= 4 is 18.1 Å². The number of phenols is 1. The summed E-state index contributed by atoms with van der Waals surface area (Å²) in [5.74, 6) is 0.389. The second-order valence-electron chi connectivity index (χ2n) is 4.63. The fourth-order valence-electron chi connectivity index (χ4n) is 2.49. The highest BCUT2D eigenvalue weighted by molar-refractivity contribution is 5.85. The fraction of sp³-hybridized carbons (Fsp3) is 0.571. The maximum absolute atomic E-state index is 10.2. The summed E-state index contributed by atoms with van der Waals surface area (Å²) in [6, 6.07) is 6.22. The first-order valence-corrected chi connectivity index (χ1v) is 6.78. The molecule has 0 bridgehead atoms. The zero-order chi connectivity index (χ0) is 13.0. The molecule has 1 aromatic rings. The number of phenolic OH excluding ortho intramolecular Hbond substituents is 1. The van der Waals surface area contributed by atoms with Gasteiger partial charge in [-0.2, -0.15) is 0 Å². The molecule has 1 fully saturated rings. The Labute approximate surface area is 121 Å². The Morgan fingerprint density at radius 3 is 2.53 bits per heavy atom. The van der Waals surface area contributed by atoms with Gasteiger partial charge in [0, 0.05) is 56.1 Å². The van der Waals surface area contributed by atoms with Crippen molar-refractivity contribution in [3.63, 3.8) is 0 Å². The van der Waals surface area contributed by atoms with Crippen LogP contribution in [0.2, 0.25) is 0 Å². The molecule has 0 unspecified atom stereocenters. The zero-order valence-corrected chi connectivity index (χ0v) is 12.5. The highest BCUT2D eigenvalue weighted by atomic mass is 35.5. The third-order valence-electron chi connectivity index (χ3n) is 3.56. The van der Waals surface area contributed by atoms with E-state index in [2.05, 4.69) is 35.4 Å². The molecule has 1 heterocycles. The predicted octanol–water partition coefficient (Wildman–Crippen LogP) is 1.89. The van der Waals surface area contributed by atoms with Gasteiger partial charge in [0.25, 0.3) is 0 Å². The molecule has 0 spiro atoms. The van der Waals surface area contributed by atoms with E-state index in [9.17, 15) is 5.11 Å². The standard InChI is InChI=1S/C14H23N3O.ClH/c1-3-17(4-2)11-5-6-12(14(18)9-11)13-10-15-7-8-16-13;/h5-6,9,13,15-16,18H,3-4,7-8,10H2,1-2H3;1H/t13-;/m0./s1. The van der Waals surface area contributed by atoms with Crippen molar-refractivity contribution in [3.05, 3.63) is 23.8 Å². The molecule has 1 aliphatic heterocycles. The minimum atomic E-state index is 0. The number of rotatable bonds is 4. The van der Waals surface area contributed by atoms with Gasteiger partial charge in [0.2, 0.25) is 0 Å². The van der Waals surface area contributed by atoms with Crippen molar-refractivity contribution in [1.29, 1.82) is 0 Å². The van der Waals surface area contributed by atoms with Gasteiger partial charge in [0.05, 0.1) is 0 Å². The molecule has 1 atom stereocenters. The first kappa shape index (κ1) is 16.1. The molecule has 108 valence electrons. The minimum absolute atomic E-state index is 0. The molecule has 0 aromatic heterocycles. The summed E-state index contributed by atoms with van der Waals surface area (Å²) in [7, 11) is 0. The van der Waals surface area contributed by atoms with Gasteiger partial charge < -0.3 is 20.6 Å². The van der Waals surface area contributed by atoms with Crippen molar-refractivity contribution in [3.8, 4) is 5.75 Å². The number of benzene rings is 1. The first-order chi connectivity index (χ1) is 8.76. The summed E-state index contributed by atoms with van der Waals surface area (Å²) in [6.45, 7) is 8.98. The second kappa shape index (κ2) is 7.58. The van der Waals surface area contributed by atoms with Gasteiger partial charge in [0.15, 0.2) is 0 Å². The van der Waals surface area contributed by atoms with E-state index in [0.29, 0.717) is 5.75 Å². The normalized spacial score (nSPS) is 18.7. The molecule has 3 N–H and O–H groups in total. The van der Waals surface area contributed by atoms with E-state index < -0.39 is 0 Å². The molecular formula is C14H24ClN3O. The molecule has 0 aliphatic carbocycles. The summed E-state index contributed by atoms with van der Waals surface area (Å²) < 4.78 is 0. The molecular weight excluding hydrogens is 262 g/mol. The SMILES string of the molecule is CCN(CC)c1ccc([C@@H]2CNCCN2)c(O)c1.Cl. The van der Waals surface area contributed by atoms with Gasteiger partial charge in [-0.1, -0.05) is 6.07 Å². The Morgan fingerprint density at radius 2 is 2.00 bits per heavy atom. The van der Waals surface area contributed by atoms with E-state index in [0.717, 1.165) is 44.0 Å². The average Bonchev–Trinajstić information content (AvgIpc) is 2.41. The molecule has 0 amide bonds. The second-order valence-corrected chi connectivity index (χ2v) is 4.63. The number of aromatic hydroxyl groups is 1. The molecule has 2 rings (SSSR count). The molecule has 4 nitrogen and oxygen atoms in total. The van der Waals surface area contributed by atoms with Crippen molar-refractivity contribution in [2.75, 3.05) is 37.6 Å². The third kappa shape index (κ3) is 3.75. The quantitative estimate of drug-likeness (QED) is 0.791. The van der Waals surface area contributed by atoms with Crippen LogP contribution < -0.4 is 15.5 Å². The molecule has 0 saturated carbocycles. The topological polar surface area (TPSA) is 47.5 Å². The molecule has 0 radical (unpaired) electrons. The van der Waals surface area contributed by atoms with Crippen molar-refractivity contribution < 1.29 is 5.11 Å². The number of anilines is 1. The van der Waals surface area contributed by atoms with Crippen molar-refractivity contribution in [2.24, 2.45) is 0 Å². The number of hydrogen-bond acceptors (Lipinski definition) is 4. The maximum Gasteiger partial charge on any atom is 0.122 e. The lowest BCUT2D eigenvalue weighted by Crippen LogP contribution is -2.42. The summed E-state index contributed by atoms with van der Waals surface area (Å²) >= 11 is 0. The summed E-state index contributed by atoms with van der Waals surface area (Å²) in [4.78, 5) is 2.23. The smallest absolute Gasteiger partial charge is 0.122 e. The lowest BCUT2D eigenvalue weighted by atomic mass is 10.0. The third-order valence-corrected chi connectivity index (χ3v) is 3.56. The van der Waals surface area contributed by atoms with E-state index in [-0.39, 0.29) is 18.4 Å². The average molecular weight is 286 g/mol. The number of hydrogen-bond donors (Lipinski definition) is 3. The Hall–Kier alpha value is -0.970. The van der Waals surface area contributed by atoms with Crippen LogP contribution in [-0.4, -0.2) is 37.8 Å². The van der Waals surface area contributed by atoms with E-state index >= 15 is 0 Å². The van der Waals surface area contributed by atoms with Crippen LogP contribution in [0.25, 0.3) is 0 Å². The highest BCUT2D eigenvalue weighted by Gasteiger charge is 2.18. The summed E-state index contributed by atoms with van der Waals surface area (Å²) in [5.41, 5.74) is 2.07. The molecule has 1 saturated heterocycles. The summed E-state index contributed by atoms with van der Waals surface area (Å²) in [6.07, 6.45) is 0. The maximum atomic E-state index is 10.2. The first-order valence-electron chi connectivity index (χ1n) is 6.78. The number of nitrogens with zero attached hydrogens (tertiary/aromatic N) is 1. The van der Waals surface area contributed by atoms with Crippen LogP contribution in [0.15, 0.2) is 18.2 Å². The van der Waals surface area contributed by atoms with Crippen LogP contribution in [0, 0.1) is 0 Å². The number of halogens is 1. The Bertz CT molecular complexity index is 390. The van der Waals surface area contributed by atoms with E-state index in [1.807, 2.05) is 12.1 Å². The monoisotopic (exact) mass is 285 g/mol. The van der Waals surface area contributed by atoms with Crippen LogP contribution >= 0.6 is 12.4 Å². The molecule has 5 heteroatoms. The highest BCUT2D eigenvalue weighted by Crippen LogP contribution is 2.29. The fourth-order valence-corrected chi connectivity index (χ4v) is 2.49. The van der Waals surface area contributed by atoms with Crippen molar-refractivity contribution in [1.82, 2.24) is 10.6 Å². The Kier molecular flexibility index (Phi) is 6.42. The number of nitrogens with one attached hydrogen (secondary N) is 2. The largest absolute Gasteiger partial charge is 0.508 e. The number of piperazine rings is 1. The van der Waals surface area contributed by atoms with Crippen LogP contribution in [0.4, 0.5) is 5.69 Å². The van der Waals surface area contributed by atoms with Crippen LogP contribution in [0.5, 0.6) is 5.75 Å². The van der Waals surface area contributed by atoms with Crippen molar-refractivity contribution in [2.45, 2.75) is 19.9 Å². The van der Waals surface area contributed by atoms with Crippen LogP contribution in [-0.2, 0) is 0 Å². The van der Waals surface area contributed by atoms with E-state index in [4.69, 9.17) is 0 Å². The molecule has 1 aliphatic rings. The lowest BCUT2D eigenvalue weighted by Gasteiger charge is -2.27. The van der Waals surface area contributed by atoms with Gasteiger partial charge in [-0.3, -0.25) is 0 Å². The van der Waals surface area contributed by atoms with Gasteiger partial charge >= 0.3 is 0 Å². The van der Waals surface area contributed by atoms with Gasteiger partial charge in [0.1, 0.15) is 5.75 Å². The van der Waals surface area contributed by atoms with Crippen LogP contribution in [0.3, 0.4) is 0 Å². The van der Waals surface area contributed by atoms with Crippen LogP contribution in [0.1, 0.15) is 25.5 Å². The summed E-state index contributed by atoms with van der Waals surface area (Å²) in [5, 5.41) is 16.9. The zero-order valence-electron chi connectivity index (χ0n) is 11.6. The lowest BCUT2D eigenvalue weighted by molar-refractivity contribution is 0.404.